The summed E-state index contributed by atoms with van der Waals surface area (Å²) in [6.45, 7) is 0. The van der Waals surface area contributed by atoms with Gasteiger partial charge in [0.25, 0.3) is 10.0 Å². The molecule has 0 spiro atoms. The van der Waals surface area contributed by atoms with Crippen molar-refractivity contribution < 1.29 is 32.2 Å². The smallest absolute Gasteiger partial charge is 0.332 e. The van der Waals surface area contributed by atoms with Crippen molar-refractivity contribution in [1.82, 2.24) is 14.3 Å². The van der Waals surface area contributed by atoms with Crippen LogP contribution in [-0.2, 0) is 24.3 Å². The SMILES string of the molecule is CNC(OC(=O)/C=C/C(=O)O)c1cc(-c2ccccc2F)n(S(=O)(=O)c2cccnc2)c1Cl. The number of carbonyl (C=O) groups is 2. The Balaban J connectivity index is 2.20. The number of hydrogen-bond donors (Lipinski definition) is 2. The molecule has 0 saturated heterocycles. The van der Waals surface area contributed by atoms with Crippen LogP contribution >= 0.6 is 11.6 Å². The second kappa shape index (κ2) is 9.94. The number of hydrogen-bond acceptors (Lipinski definition) is 7. The molecule has 0 aliphatic heterocycles. The van der Waals surface area contributed by atoms with E-state index in [0.29, 0.717) is 12.2 Å². The molecule has 3 aromatic rings. The average molecular weight is 494 g/mol. The van der Waals surface area contributed by atoms with Crippen LogP contribution in [0.3, 0.4) is 0 Å². The van der Waals surface area contributed by atoms with Crippen LogP contribution in [0.5, 0.6) is 0 Å². The average Bonchev–Trinajstić information content (AvgIpc) is 3.14. The molecule has 0 radical (unpaired) electrons. The molecule has 0 bridgehead atoms. The molecule has 1 aromatic carbocycles. The maximum absolute atomic E-state index is 14.6. The van der Waals surface area contributed by atoms with Crippen LogP contribution in [0.2, 0.25) is 5.15 Å². The van der Waals surface area contributed by atoms with Crippen LogP contribution < -0.4 is 5.32 Å². The molecule has 0 fully saturated rings. The highest BCUT2D eigenvalue weighted by atomic mass is 35.5. The summed E-state index contributed by atoms with van der Waals surface area (Å²) in [7, 11) is -2.93. The molecule has 0 saturated carbocycles. The fraction of sp³-hybridized carbons (Fsp3) is 0.0952. The standard InChI is InChI=1S/C21H17ClFN3O6S/c1-24-21(32-19(29)9-8-18(27)28)15-11-17(14-6-2-3-7-16(14)23)26(20(15)22)33(30,31)13-5-4-10-25-12-13/h2-12,21,24H,1H3,(H,27,28)/b9-8+. The third kappa shape index (κ3) is 5.11. The third-order valence-corrected chi connectivity index (χ3v) is 6.58. The van der Waals surface area contributed by atoms with Crippen molar-refractivity contribution in [3.8, 4) is 11.3 Å². The van der Waals surface area contributed by atoms with E-state index in [1.54, 1.807) is 0 Å². The van der Waals surface area contributed by atoms with E-state index in [1.807, 2.05) is 0 Å². The van der Waals surface area contributed by atoms with E-state index in [9.17, 15) is 22.4 Å². The van der Waals surface area contributed by atoms with Gasteiger partial charge in [0.2, 0.25) is 0 Å². The van der Waals surface area contributed by atoms with Gasteiger partial charge >= 0.3 is 11.9 Å². The fourth-order valence-electron chi connectivity index (χ4n) is 2.94. The number of carboxylic acid groups (broad SMARTS) is 1. The molecular formula is C21H17ClFN3O6S. The Morgan fingerprint density at radius 2 is 1.97 bits per heavy atom. The van der Waals surface area contributed by atoms with E-state index in [2.05, 4.69) is 10.3 Å². The number of aromatic nitrogens is 2. The Morgan fingerprint density at radius 3 is 2.58 bits per heavy atom. The fourth-order valence-corrected chi connectivity index (χ4v) is 4.84. The summed E-state index contributed by atoms with van der Waals surface area (Å²) >= 11 is 6.45. The zero-order chi connectivity index (χ0) is 24.2. The lowest BCUT2D eigenvalue weighted by Gasteiger charge is -2.16. The lowest BCUT2D eigenvalue weighted by Crippen LogP contribution is -2.22. The highest BCUT2D eigenvalue weighted by molar-refractivity contribution is 7.90. The molecule has 0 aliphatic carbocycles. The number of nitrogens with one attached hydrogen (secondary N) is 1. The lowest BCUT2D eigenvalue weighted by atomic mass is 10.1. The first-order valence-electron chi connectivity index (χ1n) is 9.27. The van der Waals surface area contributed by atoms with Gasteiger partial charge in [-0.15, -0.1) is 0 Å². The van der Waals surface area contributed by atoms with Gasteiger partial charge in [0.05, 0.1) is 5.69 Å². The predicted octanol–water partition coefficient (Wildman–Crippen LogP) is 2.98. The summed E-state index contributed by atoms with van der Waals surface area (Å²) in [5.74, 6) is -3.09. The molecule has 12 heteroatoms. The molecule has 9 nitrogen and oxygen atoms in total. The van der Waals surface area contributed by atoms with Crippen LogP contribution in [0.1, 0.15) is 11.8 Å². The second-order valence-electron chi connectivity index (χ2n) is 6.49. The van der Waals surface area contributed by atoms with Gasteiger partial charge in [0.1, 0.15) is 15.9 Å². The molecule has 2 N–H and O–H groups in total. The van der Waals surface area contributed by atoms with Crippen molar-refractivity contribution in [2.24, 2.45) is 0 Å². The third-order valence-electron chi connectivity index (χ3n) is 4.39. The van der Waals surface area contributed by atoms with Gasteiger partial charge in [0, 0.05) is 35.7 Å². The van der Waals surface area contributed by atoms with Crippen LogP contribution in [0, 0.1) is 5.82 Å². The van der Waals surface area contributed by atoms with Crippen molar-refractivity contribution in [2.45, 2.75) is 11.1 Å². The number of carboxylic acids is 1. The molecule has 1 atom stereocenters. The molecule has 2 aromatic heterocycles. The number of esters is 1. The summed E-state index contributed by atoms with van der Waals surface area (Å²) in [5.41, 5.74) is -0.179. The maximum Gasteiger partial charge on any atom is 0.332 e. The number of carbonyl (C=O) groups excluding carboxylic acids is 1. The summed E-state index contributed by atoms with van der Waals surface area (Å²) in [5, 5.41) is 10.9. The highest BCUT2D eigenvalue weighted by Gasteiger charge is 2.31. The molecule has 2 heterocycles. The van der Waals surface area contributed by atoms with Crippen molar-refractivity contribution in [2.75, 3.05) is 7.05 Å². The van der Waals surface area contributed by atoms with Crippen molar-refractivity contribution in [1.29, 1.82) is 0 Å². The maximum atomic E-state index is 14.6. The van der Waals surface area contributed by atoms with Crippen LogP contribution in [-0.4, -0.2) is 41.5 Å². The minimum atomic E-state index is -4.34. The monoisotopic (exact) mass is 493 g/mol. The lowest BCUT2D eigenvalue weighted by molar-refractivity contribution is -0.145. The Bertz CT molecular complexity index is 1330. The van der Waals surface area contributed by atoms with Gasteiger partial charge < -0.3 is 9.84 Å². The second-order valence-corrected chi connectivity index (χ2v) is 8.64. The molecule has 0 aliphatic rings. The molecule has 3 rings (SSSR count). The largest absolute Gasteiger partial charge is 0.478 e. The van der Waals surface area contributed by atoms with Gasteiger partial charge in [-0.3, -0.25) is 10.3 Å². The Kier molecular flexibility index (Phi) is 7.26. The van der Waals surface area contributed by atoms with E-state index in [4.69, 9.17) is 21.4 Å². The van der Waals surface area contributed by atoms with Crippen molar-refractivity contribution in [3.63, 3.8) is 0 Å². The zero-order valence-electron chi connectivity index (χ0n) is 17.0. The van der Waals surface area contributed by atoms with Crippen LogP contribution in [0.15, 0.2) is 71.9 Å². The predicted molar refractivity (Wildman–Crippen MR) is 116 cm³/mol. The molecule has 0 amide bonds. The first-order chi connectivity index (χ1) is 15.7. The number of halogens is 2. The molecular weight excluding hydrogens is 477 g/mol. The van der Waals surface area contributed by atoms with Gasteiger partial charge in [-0.2, -0.15) is 0 Å². The highest BCUT2D eigenvalue weighted by Crippen LogP contribution is 2.37. The van der Waals surface area contributed by atoms with Crippen molar-refractivity contribution in [3.05, 3.63) is 83.5 Å². The minimum absolute atomic E-state index is 0.00181. The van der Waals surface area contributed by atoms with Crippen LogP contribution in [0.4, 0.5) is 4.39 Å². The Labute approximate surface area is 193 Å². The molecule has 33 heavy (non-hydrogen) atoms. The Morgan fingerprint density at radius 1 is 1.24 bits per heavy atom. The van der Waals surface area contributed by atoms with Gasteiger partial charge in [-0.1, -0.05) is 23.7 Å². The number of rotatable bonds is 8. The number of pyridine rings is 1. The first-order valence-corrected chi connectivity index (χ1v) is 11.1. The minimum Gasteiger partial charge on any atom is -0.478 e. The number of aliphatic carboxylic acids is 1. The van der Waals surface area contributed by atoms with E-state index in [1.165, 1.54) is 49.6 Å². The summed E-state index contributed by atoms with van der Waals surface area (Å²) in [6, 6.07) is 9.48. The van der Waals surface area contributed by atoms with E-state index >= 15 is 0 Å². The first kappa shape index (κ1) is 24.1. The summed E-state index contributed by atoms with van der Waals surface area (Å²) in [6.07, 6.45) is 2.49. The molecule has 172 valence electrons. The van der Waals surface area contributed by atoms with Gasteiger partial charge in [-0.05, 0) is 37.4 Å². The zero-order valence-corrected chi connectivity index (χ0v) is 18.5. The topological polar surface area (TPSA) is 128 Å². The van der Waals surface area contributed by atoms with E-state index < -0.39 is 34.0 Å². The van der Waals surface area contributed by atoms with Crippen molar-refractivity contribution >= 4 is 33.6 Å². The van der Waals surface area contributed by atoms with E-state index in [0.717, 1.165) is 16.2 Å². The molecule has 1 unspecified atom stereocenters. The summed E-state index contributed by atoms with van der Waals surface area (Å²) < 4.78 is 47.3. The normalized spacial score (nSPS) is 12.6. The number of ether oxygens (including phenoxy) is 1. The quantitative estimate of drug-likeness (QED) is 0.278. The summed E-state index contributed by atoms with van der Waals surface area (Å²) in [4.78, 5) is 26.2. The van der Waals surface area contributed by atoms with Crippen LogP contribution in [0.25, 0.3) is 11.3 Å². The van der Waals surface area contributed by atoms with Gasteiger partial charge in [0.15, 0.2) is 6.23 Å². The number of nitrogens with zero attached hydrogens (tertiary/aromatic N) is 2. The van der Waals surface area contributed by atoms with Gasteiger partial charge in [-0.25, -0.2) is 26.4 Å². The Hall–Kier alpha value is -3.54. The van der Waals surface area contributed by atoms with E-state index in [-0.39, 0.29) is 26.9 Å². The number of benzene rings is 1.